The summed E-state index contributed by atoms with van der Waals surface area (Å²) < 4.78 is 1.92. The van der Waals surface area contributed by atoms with Gasteiger partial charge in [-0.15, -0.1) is 0 Å². The molecule has 8 nitrogen and oxygen atoms in total. The predicted octanol–water partition coefficient (Wildman–Crippen LogP) is 1.48. The number of rotatable bonds is 7. The molecular weight excluding hydrogens is 366 g/mol. The fourth-order valence-corrected chi connectivity index (χ4v) is 3.34. The first-order chi connectivity index (χ1) is 14.0. The average molecular weight is 396 g/mol. The molecule has 2 heterocycles. The number of amides is 1. The molecule has 0 saturated heterocycles. The number of hydrogen-bond acceptors (Lipinski definition) is 5. The van der Waals surface area contributed by atoms with Gasteiger partial charge in [0.25, 0.3) is 0 Å². The van der Waals surface area contributed by atoms with E-state index in [0.29, 0.717) is 18.9 Å². The highest BCUT2D eigenvalue weighted by Gasteiger charge is 2.22. The summed E-state index contributed by atoms with van der Waals surface area (Å²) in [5.41, 5.74) is 11.1. The van der Waals surface area contributed by atoms with Crippen LogP contribution in [0.4, 0.5) is 5.69 Å². The van der Waals surface area contributed by atoms with Gasteiger partial charge in [-0.05, 0) is 24.7 Å². The summed E-state index contributed by atoms with van der Waals surface area (Å²) in [5.74, 6) is 0.484. The molecule has 0 bridgehead atoms. The van der Waals surface area contributed by atoms with Crippen molar-refractivity contribution in [3.05, 3.63) is 47.9 Å². The lowest BCUT2D eigenvalue weighted by atomic mass is 10.0. The van der Waals surface area contributed by atoms with Crippen molar-refractivity contribution < 1.29 is 4.79 Å². The first-order valence-corrected chi connectivity index (χ1v) is 9.79. The SMILES string of the molecule is CNCCn1cc(-c2ccc(N=C(N)C3=C(NC)CCN(C(C)=O)C3)cc2)cn1. The summed E-state index contributed by atoms with van der Waals surface area (Å²) in [5, 5.41) is 10.7. The van der Waals surface area contributed by atoms with E-state index >= 15 is 0 Å². The van der Waals surface area contributed by atoms with Crippen molar-refractivity contribution in [3.63, 3.8) is 0 Å². The fraction of sp³-hybridized carbons (Fsp3) is 0.381. The highest BCUT2D eigenvalue weighted by Crippen LogP contribution is 2.23. The number of aromatic nitrogens is 2. The van der Waals surface area contributed by atoms with Crippen molar-refractivity contribution in [1.82, 2.24) is 25.3 Å². The Hall–Kier alpha value is -3.13. The standard InChI is InChI=1S/C21H29N7O/c1-15(29)27-10-8-20(24-3)19(14-27)21(22)26-18-6-4-16(5-7-18)17-12-25-28(13-17)11-9-23-2/h4-7,12-13,23-24H,8-11,14H2,1-3H3,(H2,22,26). The summed E-state index contributed by atoms with van der Waals surface area (Å²) in [6, 6.07) is 7.92. The first kappa shape index (κ1) is 20.6. The number of aliphatic imine (C=N–C) groups is 1. The Morgan fingerprint density at radius 1 is 1.24 bits per heavy atom. The van der Waals surface area contributed by atoms with Gasteiger partial charge in [0.2, 0.25) is 5.91 Å². The van der Waals surface area contributed by atoms with Crippen LogP contribution in [0.25, 0.3) is 11.1 Å². The monoisotopic (exact) mass is 395 g/mol. The largest absolute Gasteiger partial charge is 0.391 e. The number of carbonyl (C=O) groups excluding carboxylic acids is 1. The van der Waals surface area contributed by atoms with Gasteiger partial charge in [-0.1, -0.05) is 12.1 Å². The number of nitrogens with two attached hydrogens (primary N) is 1. The maximum atomic E-state index is 11.7. The minimum absolute atomic E-state index is 0.0464. The Morgan fingerprint density at radius 2 is 2.00 bits per heavy atom. The van der Waals surface area contributed by atoms with E-state index < -0.39 is 0 Å². The Bertz CT molecular complexity index is 911. The lowest BCUT2D eigenvalue weighted by Gasteiger charge is -2.29. The van der Waals surface area contributed by atoms with Gasteiger partial charge in [0.15, 0.2) is 0 Å². The smallest absolute Gasteiger partial charge is 0.219 e. The van der Waals surface area contributed by atoms with Crippen molar-refractivity contribution in [2.75, 3.05) is 33.7 Å². The Morgan fingerprint density at radius 3 is 2.66 bits per heavy atom. The molecule has 0 spiro atoms. The summed E-state index contributed by atoms with van der Waals surface area (Å²) in [7, 11) is 3.80. The highest BCUT2D eigenvalue weighted by molar-refractivity contribution is 6.00. The third kappa shape index (κ3) is 5.03. The molecule has 1 aliphatic rings. The second kappa shape index (κ2) is 9.38. The quantitative estimate of drug-likeness (QED) is 0.487. The Kier molecular flexibility index (Phi) is 6.66. The molecule has 1 aromatic carbocycles. The third-order valence-corrected chi connectivity index (χ3v) is 5.08. The molecule has 0 saturated carbocycles. The molecule has 1 aliphatic heterocycles. The van der Waals surface area contributed by atoms with Crippen molar-refractivity contribution >= 4 is 17.4 Å². The van der Waals surface area contributed by atoms with E-state index in [1.165, 1.54) is 0 Å². The van der Waals surface area contributed by atoms with E-state index in [0.717, 1.165) is 47.6 Å². The topological polar surface area (TPSA) is 101 Å². The molecule has 1 amide bonds. The van der Waals surface area contributed by atoms with Gasteiger partial charge in [0.05, 0.1) is 25.0 Å². The van der Waals surface area contributed by atoms with Crippen LogP contribution in [0.2, 0.25) is 0 Å². The van der Waals surface area contributed by atoms with Gasteiger partial charge < -0.3 is 21.3 Å². The van der Waals surface area contributed by atoms with E-state index in [2.05, 4.69) is 20.7 Å². The van der Waals surface area contributed by atoms with Crippen LogP contribution >= 0.6 is 0 Å². The van der Waals surface area contributed by atoms with Crippen LogP contribution in [0, 0.1) is 0 Å². The molecule has 0 unspecified atom stereocenters. The number of carbonyl (C=O) groups is 1. The molecular formula is C21H29N7O. The van der Waals surface area contributed by atoms with Crippen LogP contribution in [-0.2, 0) is 11.3 Å². The molecule has 2 aromatic rings. The molecule has 29 heavy (non-hydrogen) atoms. The summed E-state index contributed by atoms with van der Waals surface area (Å²) in [6.45, 7) is 4.45. The van der Waals surface area contributed by atoms with E-state index in [1.54, 1.807) is 11.8 Å². The second-order valence-electron chi connectivity index (χ2n) is 7.04. The van der Waals surface area contributed by atoms with E-state index in [1.807, 2.05) is 55.4 Å². The zero-order chi connectivity index (χ0) is 20.8. The maximum Gasteiger partial charge on any atom is 0.219 e. The lowest BCUT2D eigenvalue weighted by Crippen LogP contribution is -2.40. The van der Waals surface area contributed by atoms with Gasteiger partial charge in [0.1, 0.15) is 5.84 Å². The zero-order valence-electron chi connectivity index (χ0n) is 17.3. The number of nitrogens with one attached hydrogen (secondary N) is 2. The van der Waals surface area contributed by atoms with E-state index in [4.69, 9.17) is 5.73 Å². The minimum Gasteiger partial charge on any atom is -0.391 e. The van der Waals surface area contributed by atoms with Crippen molar-refractivity contribution in [3.8, 4) is 11.1 Å². The van der Waals surface area contributed by atoms with Gasteiger partial charge in [-0.2, -0.15) is 5.10 Å². The van der Waals surface area contributed by atoms with Gasteiger partial charge >= 0.3 is 0 Å². The Labute approximate surface area is 171 Å². The number of hydrogen-bond donors (Lipinski definition) is 3. The van der Waals surface area contributed by atoms with Gasteiger partial charge in [-0.3, -0.25) is 9.48 Å². The molecule has 3 rings (SSSR count). The van der Waals surface area contributed by atoms with Gasteiger partial charge in [-0.25, -0.2) is 4.99 Å². The van der Waals surface area contributed by atoms with Crippen LogP contribution < -0.4 is 16.4 Å². The Balaban J connectivity index is 1.77. The summed E-state index contributed by atoms with van der Waals surface area (Å²) >= 11 is 0. The van der Waals surface area contributed by atoms with Crippen molar-refractivity contribution in [1.29, 1.82) is 0 Å². The van der Waals surface area contributed by atoms with Crippen LogP contribution in [-0.4, -0.2) is 60.2 Å². The molecule has 0 radical (unpaired) electrons. The van der Waals surface area contributed by atoms with Gasteiger partial charge in [0, 0.05) is 56.5 Å². The van der Waals surface area contributed by atoms with Crippen LogP contribution in [0.1, 0.15) is 13.3 Å². The lowest BCUT2D eigenvalue weighted by molar-refractivity contribution is -0.128. The second-order valence-corrected chi connectivity index (χ2v) is 7.04. The van der Waals surface area contributed by atoms with Crippen molar-refractivity contribution in [2.24, 2.45) is 10.7 Å². The third-order valence-electron chi connectivity index (χ3n) is 5.08. The molecule has 154 valence electrons. The highest BCUT2D eigenvalue weighted by atomic mass is 16.2. The van der Waals surface area contributed by atoms with E-state index in [9.17, 15) is 4.79 Å². The summed E-state index contributed by atoms with van der Waals surface area (Å²) in [4.78, 5) is 18.1. The zero-order valence-corrected chi connectivity index (χ0v) is 17.3. The van der Waals surface area contributed by atoms with E-state index in [-0.39, 0.29) is 5.91 Å². The molecule has 0 fully saturated rings. The number of nitrogens with zero attached hydrogens (tertiary/aromatic N) is 4. The molecule has 8 heteroatoms. The number of likely N-dealkylation sites (N-methyl/N-ethyl adjacent to an activating group) is 1. The maximum absolute atomic E-state index is 11.7. The minimum atomic E-state index is 0.0464. The fourth-order valence-electron chi connectivity index (χ4n) is 3.34. The van der Waals surface area contributed by atoms with Crippen molar-refractivity contribution in [2.45, 2.75) is 19.9 Å². The van der Waals surface area contributed by atoms with Crippen LogP contribution in [0.3, 0.4) is 0 Å². The molecule has 0 aliphatic carbocycles. The van der Waals surface area contributed by atoms with Crippen LogP contribution in [0.15, 0.2) is 52.9 Å². The average Bonchev–Trinajstić information content (AvgIpc) is 3.21. The number of benzene rings is 1. The normalized spacial score (nSPS) is 15.0. The molecule has 0 atom stereocenters. The first-order valence-electron chi connectivity index (χ1n) is 9.79. The number of amidine groups is 1. The summed E-state index contributed by atoms with van der Waals surface area (Å²) in [6.07, 6.45) is 4.65. The molecule has 1 aromatic heterocycles. The predicted molar refractivity (Wildman–Crippen MR) is 116 cm³/mol. The molecule has 4 N–H and O–H groups in total. The van der Waals surface area contributed by atoms with Crippen LogP contribution in [0.5, 0.6) is 0 Å².